The largest absolute Gasteiger partial charge is 0.523 e. The summed E-state index contributed by atoms with van der Waals surface area (Å²) in [5, 5.41) is 3.62. The lowest BCUT2D eigenvalue weighted by molar-refractivity contribution is -0.150. The summed E-state index contributed by atoms with van der Waals surface area (Å²) in [5.41, 5.74) is -5.62. The zero-order valence-electron chi connectivity index (χ0n) is 9.49. The first kappa shape index (κ1) is 15.4. The molecule has 0 N–H and O–H groups in total. The van der Waals surface area contributed by atoms with Crippen LogP contribution >= 0.6 is 0 Å². The number of hydrogen-bond acceptors (Lipinski definition) is 6. The van der Waals surface area contributed by atoms with Gasteiger partial charge in [0.1, 0.15) is 0 Å². The molecule has 0 spiro atoms. The van der Waals surface area contributed by atoms with Crippen LogP contribution in [0.2, 0.25) is 0 Å². The molecule has 1 aromatic rings. The summed E-state index contributed by atoms with van der Waals surface area (Å²) in [7, 11) is -5.01. The van der Waals surface area contributed by atoms with Gasteiger partial charge in [0.05, 0.1) is 13.7 Å². The average Bonchev–Trinajstić information content (AvgIpc) is 2.78. The van der Waals surface area contributed by atoms with Gasteiger partial charge in [-0.05, 0) is 6.07 Å². The van der Waals surface area contributed by atoms with Crippen molar-refractivity contribution in [3.8, 4) is 0 Å². The van der Waals surface area contributed by atoms with Gasteiger partial charge in [-0.25, -0.2) is 8.98 Å². The van der Waals surface area contributed by atoms with Crippen LogP contribution in [0.25, 0.3) is 0 Å². The number of aromatic nitrogens is 2. The minimum atomic E-state index is -5.90. The van der Waals surface area contributed by atoms with Gasteiger partial charge in [-0.3, -0.25) is 4.68 Å². The van der Waals surface area contributed by atoms with Crippen LogP contribution < -0.4 is 0 Å². The number of rotatable bonds is 5. The molecule has 1 heterocycles. The number of hydrogen-bond donors (Lipinski definition) is 0. The molecule has 19 heavy (non-hydrogen) atoms. The highest BCUT2D eigenvalue weighted by molar-refractivity contribution is 7.87. The lowest BCUT2D eigenvalue weighted by Crippen LogP contribution is -2.37. The first-order valence-electron chi connectivity index (χ1n) is 4.72. The van der Waals surface area contributed by atoms with Crippen LogP contribution in [-0.2, 0) is 30.4 Å². The van der Waals surface area contributed by atoms with Gasteiger partial charge in [0, 0.05) is 12.4 Å². The number of halogens is 3. The standard InChI is InChI=1S/C8H9F3N2O5S/c1-17-7(14)6(5-13-4-2-3-12-13)18-19(15,16)8(9,10)11/h2-4,6H,5H2,1H3/t6-/m1/s1. The van der Waals surface area contributed by atoms with Gasteiger partial charge in [0.15, 0.2) is 6.10 Å². The molecule has 11 heteroatoms. The fourth-order valence-electron chi connectivity index (χ4n) is 1.06. The molecule has 0 aliphatic rings. The molecule has 1 rings (SSSR count). The Labute approximate surface area is 106 Å². The predicted molar refractivity (Wildman–Crippen MR) is 54.1 cm³/mol. The average molecular weight is 302 g/mol. The molecule has 0 aromatic carbocycles. The second kappa shape index (κ2) is 5.57. The number of methoxy groups -OCH3 is 1. The maximum Gasteiger partial charge on any atom is 0.523 e. The van der Waals surface area contributed by atoms with Gasteiger partial charge < -0.3 is 4.74 Å². The summed E-state index contributed by atoms with van der Waals surface area (Å²) >= 11 is 0. The Morgan fingerprint density at radius 1 is 1.47 bits per heavy atom. The summed E-state index contributed by atoms with van der Waals surface area (Å²) in [6, 6.07) is 1.44. The van der Waals surface area contributed by atoms with Gasteiger partial charge in [0.25, 0.3) is 0 Å². The molecule has 0 unspecified atom stereocenters. The molecule has 0 bridgehead atoms. The number of carbonyl (C=O) groups is 1. The van der Waals surface area contributed by atoms with Crippen LogP contribution in [0.1, 0.15) is 0 Å². The molecule has 1 atom stereocenters. The van der Waals surface area contributed by atoms with Gasteiger partial charge in [-0.2, -0.15) is 26.7 Å². The van der Waals surface area contributed by atoms with E-state index in [1.807, 2.05) is 0 Å². The van der Waals surface area contributed by atoms with E-state index < -0.39 is 34.2 Å². The second-order valence-electron chi connectivity index (χ2n) is 3.24. The van der Waals surface area contributed by atoms with Crippen LogP contribution in [0.4, 0.5) is 13.2 Å². The van der Waals surface area contributed by atoms with E-state index >= 15 is 0 Å². The Kier molecular flexibility index (Phi) is 4.52. The van der Waals surface area contributed by atoms with Crippen molar-refractivity contribution < 1.29 is 35.3 Å². The lowest BCUT2D eigenvalue weighted by Gasteiger charge is -2.16. The third kappa shape index (κ3) is 3.92. The second-order valence-corrected chi connectivity index (χ2v) is 4.80. The summed E-state index contributed by atoms with van der Waals surface area (Å²) in [4.78, 5) is 11.2. The Morgan fingerprint density at radius 2 is 2.11 bits per heavy atom. The first-order valence-corrected chi connectivity index (χ1v) is 6.13. The number of alkyl halides is 3. The molecular formula is C8H9F3N2O5S. The zero-order chi connectivity index (χ0) is 14.7. The molecular weight excluding hydrogens is 293 g/mol. The van der Waals surface area contributed by atoms with Crippen LogP contribution in [-0.4, -0.2) is 42.9 Å². The van der Waals surface area contributed by atoms with E-state index in [2.05, 4.69) is 14.0 Å². The molecule has 1 aromatic heterocycles. The maximum absolute atomic E-state index is 12.2. The fourth-order valence-corrected chi connectivity index (χ4v) is 1.62. The van der Waals surface area contributed by atoms with Crippen LogP contribution in [0, 0.1) is 0 Å². The molecule has 0 amide bonds. The Bertz CT molecular complexity index is 525. The monoisotopic (exact) mass is 302 g/mol. The van der Waals surface area contributed by atoms with Crippen molar-refractivity contribution in [3.05, 3.63) is 18.5 Å². The Hall–Kier alpha value is -1.62. The zero-order valence-corrected chi connectivity index (χ0v) is 10.3. The molecule has 0 fully saturated rings. The third-order valence-corrected chi connectivity index (χ3v) is 2.96. The van der Waals surface area contributed by atoms with E-state index in [-0.39, 0.29) is 0 Å². The van der Waals surface area contributed by atoms with Crippen LogP contribution in [0.3, 0.4) is 0 Å². The van der Waals surface area contributed by atoms with Crippen molar-refractivity contribution in [2.45, 2.75) is 18.2 Å². The molecule has 0 radical (unpaired) electrons. The van der Waals surface area contributed by atoms with Gasteiger partial charge in [-0.1, -0.05) is 0 Å². The number of carbonyl (C=O) groups excluding carboxylic acids is 1. The highest BCUT2D eigenvalue weighted by Crippen LogP contribution is 2.26. The van der Waals surface area contributed by atoms with Gasteiger partial charge in [0.2, 0.25) is 0 Å². The van der Waals surface area contributed by atoms with Gasteiger partial charge in [-0.15, -0.1) is 0 Å². The Morgan fingerprint density at radius 3 is 2.53 bits per heavy atom. The normalized spacial score (nSPS) is 14.1. The minimum Gasteiger partial charge on any atom is -0.467 e. The summed E-state index contributed by atoms with van der Waals surface area (Å²) < 4.78 is 67.2. The van der Waals surface area contributed by atoms with E-state index in [0.717, 1.165) is 11.8 Å². The van der Waals surface area contributed by atoms with Crippen LogP contribution in [0.15, 0.2) is 18.5 Å². The first-order chi connectivity index (χ1) is 8.67. The number of esters is 1. The van der Waals surface area contributed by atoms with E-state index in [1.54, 1.807) is 0 Å². The minimum absolute atomic E-state index is 0.533. The summed E-state index contributed by atoms with van der Waals surface area (Å²) in [5.74, 6) is -1.26. The topological polar surface area (TPSA) is 87.5 Å². The molecule has 0 aliphatic heterocycles. The fraction of sp³-hybridized carbons (Fsp3) is 0.500. The Balaban J connectivity index is 2.91. The summed E-state index contributed by atoms with van der Waals surface area (Å²) in [6.45, 7) is -0.533. The highest BCUT2D eigenvalue weighted by Gasteiger charge is 2.49. The molecule has 0 saturated carbocycles. The van der Waals surface area contributed by atoms with Crippen molar-refractivity contribution in [3.63, 3.8) is 0 Å². The molecule has 7 nitrogen and oxygen atoms in total. The SMILES string of the molecule is COC(=O)[C@@H](Cn1cccn1)OS(=O)(=O)C(F)(F)F. The van der Waals surface area contributed by atoms with E-state index in [0.29, 0.717) is 0 Å². The molecule has 0 saturated heterocycles. The lowest BCUT2D eigenvalue weighted by atomic mass is 10.3. The van der Waals surface area contributed by atoms with Crippen LogP contribution in [0.5, 0.6) is 0 Å². The molecule has 108 valence electrons. The van der Waals surface area contributed by atoms with E-state index in [1.165, 1.54) is 18.5 Å². The van der Waals surface area contributed by atoms with Crippen molar-refractivity contribution >= 4 is 16.1 Å². The number of nitrogens with zero attached hydrogens (tertiary/aromatic N) is 2. The maximum atomic E-state index is 12.2. The smallest absolute Gasteiger partial charge is 0.467 e. The predicted octanol–water partition coefficient (Wildman–Crippen LogP) is 0.291. The summed E-state index contributed by atoms with van der Waals surface area (Å²) in [6.07, 6.45) is 0.642. The quantitative estimate of drug-likeness (QED) is 0.441. The van der Waals surface area contributed by atoms with E-state index in [4.69, 9.17) is 0 Å². The van der Waals surface area contributed by atoms with Crippen molar-refractivity contribution in [1.82, 2.24) is 9.78 Å². The van der Waals surface area contributed by atoms with Crippen molar-refractivity contribution in [2.75, 3.05) is 7.11 Å². The van der Waals surface area contributed by atoms with Crippen molar-refractivity contribution in [2.24, 2.45) is 0 Å². The van der Waals surface area contributed by atoms with Gasteiger partial charge >= 0.3 is 21.6 Å². The van der Waals surface area contributed by atoms with Crippen molar-refractivity contribution in [1.29, 1.82) is 0 Å². The third-order valence-electron chi connectivity index (χ3n) is 1.90. The number of ether oxygens (including phenoxy) is 1. The van der Waals surface area contributed by atoms with E-state index in [9.17, 15) is 26.4 Å². The highest BCUT2D eigenvalue weighted by atomic mass is 32.2. The molecule has 0 aliphatic carbocycles.